The average Bonchev–Trinajstić information content (AvgIpc) is 2.85. The van der Waals surface area contributed by atoms with E-state index < -0.39 is 15.1 Å². The number of halogens is 1. The van der Waals surface area contributed by atoms with E-state index >= 15 is 0 Å². The van der Waals surface area contributed by atoms with Crippen molar-refractivity contribution in [3.63, 3.8) is 0 Å². The van der Waals surface area contributed by atoms with Crippen LogP contribution in [0, 0.1) is 0 Å². The Labute approximate surface area is 135 Å². The van der Waals surface area contributed by atoms with Gasteiger partial charge < -0.3 is 4.90 Å². The summed E-state index contributed by atoms with van der Waals surface area (Å²) in [6, 6.07) is 7.01. The van der Waals surface area contributed by atoms with Gasteiger partial charge in [0.25, 0.3) is 0 Å². The highest BCUT2D eigenvalue weighted by Crippen LogP contribution is 2.27. The molecule has 2 saturated heterocycles. The van der Waals surface area contributed by atoms with Crippen molar-refractivity contribution in [1.29, 1.82) is 0 Å². The minimum Gasteiger partial charge on any atom is -0.311 e. The van der Waals surface area contributed by atoms with Crippen LogP contribution in [-0.4, -0.2) is 55.9 Å². The maximum Gasteiger partial charge on any atom is 0.244 e. The van der Waals surface area contributed by atoms with Crippen LogP contribution in [0.25, 0.3) is 0 Å². The quantitative estimate of drug-likeness (QED) is 0.818. The number of carbonyl (C=O) groups is 1. The zero-order valence-electron chi connectivity index (χ0n) is 12.4. The zero-order valence-corrected chi connectivity index (χ0v) is 14.0. The fourth-order valence-electron chi connectivity index (χ4n) is 3.14. The van der Waals surface area contributed by atoms with Crippen molar-refractivity contribution < 1.29 is 13.2 Å². The van der Waals surface area contributed by atoms with Crippen LogP contribution in [0.15, 0.2) is 24.3 Å². The van der Waals surface area contributed by atoms with Crippen molar-refractivity contribution in [3.05, 3.63) is 29.3 Å². The Kier molecular flexibility index (Phi) is 4.18. The smallest absolute Gasteiger partial charge is 0.244 e. The molecule has 1 aromatic carbocycles. The molecule has 1 amide bonds. The second-order valence-electron chi connectivity index (χ2n) is 5.94. The van der Waals surface area contributed by atoms with Gasteiger partial charge in [0, 0.05) is 30.3 Å². The second kappa shape index (κ2) is 5.83. The van der Waals surface area contributed by atoms with Crippen molar-refractivity contribution in [1.82, 2.24) is 4.90 Å². The first kappa shape index (κ1) is 15.8. The highest BCUT2D eigenvalue weighted by molar-refractivity contribution is 7.92. The number of anilines is 1. The molecule has 0 radical (unpaired) electrons. The Morgan fingerprint density at radius 3 is 2.50 bits per heavy atom. The molecule has 120 valence electrons. The maximum atomic E-state index is 12.7. The van der Waals surface area contributed by atoms with E-state index in [0.29, 0.717) is 24.7 Å². The van der Waals surface area contributed by atoms with E-state index in [1.165, 1.54) is 0 Å². The van der Waals surface area contributed by atoms with Gasteiger partial charge in [0.1, 0.15) is 0 Å². The Balaban J connectivity index is 1.73. The minimum absolute atomic E-state index is 0.0498. The Morgan fingerprint density at radius 1 is 1.18 bits per heavy atom. The van der Waals surface area contributed by atoms with E-state index in [0.717, 1.165) is 12.1 Å². The minimum atomic E-state index is -2.99. The lowest BCUT2D eigenvalue weighted by molar-refractivity contribution is -0.121. The molecule has 0 spiro atoms. The normalized spacial score (nSPS) is 29.0. The predicted molar refractivity (Wildman–Crippen MR) is 87.0 cm³/mol. The Morgan fingerprint density at radius 2 is 1.86 bits per heavy atom. The number of hydrogen-bond donors (Lipinski definition) is 0. The van der Waals surface area contributed by atoms with E-state index in [1.807, 2.05) is 17.0 Å². The first-order valence-corrected chi connectivity index (χ1v) is 9.50. The maximum absolute atomic E-state index is 12.7. The molecular weight excluding hydrogens is 324 g/mol. The summed E-state index contributed by atoms with van der Waals surface area (Å²) in [5.41, 5.74) is 0.842. The first-order chi connectivity index (χ1) is 10.4. The van der Waals surface area contributed by atoms with E-state index in [2.05, 4.69) is 0 Å². The van der Waals surface area contributed by atoms with Gasteiger partial charge in [-0.25, -0.2) is 8.42 Å². The molecule has 2 aliphatic rings. The largest absolute Gasteiger partial charge is 0.311 e. The van der Waals surface area contributed by atoms with Gasteiger partial charge >= 0.3 is 0 Å². The number of amides is 1. The van der Waals surface area contributed by atoms with E-state index in [1.54, 1.807) is 24.0 Å². The summed E-state index contributed by atoms with van der Waals surface area (Å²) < 4.78 is 23.6. The van der Waals surface area contributed by atoms with Gasteiger partial charge in [0.15, 0.2) is 9.84 Å². The lowest BCUT2D eigenvalue weighted by Gasteiger charge is -2.34. The van der Waals surface area contributed by atoms with Crippen LogP contribution in [-0.2, 0) is 14.6 Å². The summed E-state index contributed by atoms with van der Waals surface area (Å²) >= 11 is 5.88. The molecule has 2 atom stereocenters. The summed E-state index contributed by atoms with van der Waals surface area (Å²) in [5, 5.41) is 0.237. The second-order valence-corrected chi connectivity index (χ2v) is 8.92. The molecule has 2 unspecified atom stereocenters. The predicted octanol–water partition coefficient (Wildman–Crippen LogP) is 1.56. The van der Waals surface area contributed by atoms with Gasteiger partial charge in [0.05, 0.1) is 17.0 Å². The molecule has 7 heteroatoms. The van der Waals surface area contributed by atoms with Crippen molar-refractivity contribution in [3.8, 4) is 0 Å². The number of rotatable bonds is 2. The van der Waals surface area contributed by atoms with Crippen LogP contribution in [0.2, 0.25) is 5.02 Å². The van der Waals surface area contributed by atoms with Crippen LogP contribution < -0.4 is 4.90 Å². The van der Waals surface area contributed by atoms with Crippen LogP contribution in [0.4, 0.5) is 5.69 Å². The monoisotopic (exact) mass is 342 g/mol. The van der Waals surface area contributed by atoms with Crippen LogP contribution in [0.5, 0.6) is 0 Å². The molecule has 2 fully saturated rings. The fourth-order valence-corrected chi connectivity index (χ4v) is 4.58. The summed E-state index contributed by atoms with van der Waals surface area (Å²) in [7, 11) is -2.99. The molecule has 2 aliphatic heterocycles. The standard InChI is InChI=1S/C15H19ClN2O3S/c1-11-10-17(8-9-22(11,20)21)14-6-7-18(15(14)19)13-4-2-12(16)3-5-13/h2-5,11,14H,6-10H2,1H3. The van der Waals surface area contributed by atoms with Crippen LogP contribution >= 0.6 is 11.6 Å². The Bertz CT molecular complexity index is 675. The third kappa shape index (κ3) is 2.87. The topological polar surface area (TPSA) is 57.7 Å². The third-order valence-electron chi connectivity index (χ3n) is 4.52. The molecule has 1 aromatic rings. The lowest BCUT2D eigenvalue weighted by Crippen LogP contribution is -2.52. The van der Waals surface area contributed by atoms with Crippen LogP contribution in [0.1, 0.15) is 13.3 Å². The van der Waals surface area contributed by atoms with Crippen molar-refractivity contribution in [2.24, 2.45) is 0 Å². The van der Waals surface area contributed by atoms with E-state index in [9.17, 15) is 13.2 Å². The molecule has 2 heterocycles. The molecule has 0 N–H and O–H groups in total. The molecule has 22 heavy (non-hydrogen) atoms. The van der Waals surface area contributed by atoms with Crippen molar-refractivity contribution in [2.45, 2.75) is 24.6 Å². The molecular formula is C15H19ClN2O3S. The van der Waals surface area contributed by atoms with Gasteiger partial charge in [-0.05, 0) is 37.6 Å². The highest BCUT2D eigenvalue weighted by atomic mass is 35.5. The molecule has 3 rings (SSSR count). The summed E-state index contributed by atoms with van der Waals surface area (Å²) in [4.78, 5) is 16.4. The van der Waals surface area contributed by atoms with E-state index in [-0.39, 0.29) is 17.7 Å². The lowest BCUT2D eigenvalue weighted by atomic mass is 10.2. The van der Waals surface area contributed by atoms with Crippen molar-refractivity contribution >= 4 is 33.0 Å². The fraction of sp³-hybridized carbons (Fsp3) is 0.533. The molecule has 0 saturated carbocycles. The third-order valence-corrected chi connectivity index (χ3v) is 6.90. The number of sulfone groups is 1. The highest BCUT2D eigenvalue weighted by Gasteiger charge is 2.40. The number of nitrogens with zero attached hydrogens (tertiary/aromatic N) is 2. The SMILES string of the molecule is CC1CN(C2CCN(c3ccc(Cl)cc3)C2=O)CCS1(=O)=O. The van der Waals surface area contributed by atoms with Crippen molar-refractivity contribution in [2.75, 3.05) is 30.3 Å². The number of benzene rings is 1. The first-order valence-electron chi connectivity index (χ1n) is 7.41. The summed E-state index contributed by atoms with van der Waals surface area (Å²) in [6.07, 6.45) is 0.730. The van der Waals surface area contributed by atoms with Gasteiger partial charge in [-0.15, -0.1) is 0 Å². The molecule has 0 aliphatic carbocycles. The molecule has 0 aromatic heterocycles. The van der Waals surface area contributed by atoms with Gasteiger partial charge in [-0.2, -0.15) is 0 Å². The molecule has 5 nitrogen and oxygen atoms in total. The molecule has 0 bridgehead atoms. The Hall–Kier alpha value is -1.11. The van der Waals surface area contributed by atoms with E-state index in [4.69, 9.17) is 11.6 Å². The van der Waals surface area contributed by atoms with Crippen LogP contribution in [0.3, 0.4) is 0 Å². The van der Waals surface area contributed by atoms with Gasteiger partial charge in [-0.3, -0.25) is 9.69 Å². The number of hydrogen-bond acceptors (Lipinski definition) is 4. The number of carbonyl (C=O) groups excluding carboxylic acids is 1. The average molecular weight is 343 g/mol. The zero-order chi connectivity index (χ0) is 15.9. The van der Waals surface area contributed by atoms with Gasteiger partial charge in [0.2, 0.25) is 5.91 Å². The summed E-state index contributed by atoms with van der Waals surface area (Å²) in [6.45, 7) is 3.26. The van der Waals surface area contributed by atoms with Gasteiger partial charge in [-0.1, -0.05) is 11.6 Å². The summed E-state index contributed by atoms with van der Waals surface area (Å²) in [5.74, 6) is 0.188.